The van der Waals surface area contributed by atoms with Crippen LogP contribution >= 0.6 is 0 Å². The molecule has 0 aliphatic carbocycles. The van der Waals surface area contributed by atoms with Gasteiger partial charge in [0, 0.05) is 12.0 Å². The molecule has 134 valence electrons. The van der Waals surface area contributed by atoms with Crippen LogP contribution in [0.5, 0.6) is 0 Å². The summed E-state index contributed by atoms with van der Waals surface area (Å²) in [5.74, 6) is -0.475. The summed E-state index contributed by atoms with van der Waals surface area (Å²) < 4.78 is 43.3. The van der Waals surface area contributed by atoms with Gasteiger partial charge in [0.05, 0.1) is 5.56 Å². The second-order valence-corrected chi connectivity index (χ2v) is 5.96. The molecule has 26 heavy (non-hydrogen) atoms. The molecule has 1 heterocycles. The molecule has 0 fully saturated rings. The fraction of sp³-hybridized carbons (Fsp3) is 0.200. The lowest BCUT2D eigenvalue weighted by molar-refractivity contribution is -0.147. The Labute approximate surface area is 148 Å². The highest BCUT2D eigenvalue weighted by Crippen LogP contribution is 2.36. The number of hydrogen-bond donors (Lipinski definition) is 0. The van der Waals surface area contributed by atoms with Gasteiger partial charge in [-0.3, -0.25) is 0 Å². The minimum absolute atomic E-state index is 0.279. The van der Waals surface area contributed by atoms with Gasteiger partial charge >= 0.3 is 12.1 Å². The first-order chi connectivity index (χ1) is 12.3. The van der Waals surface area contributed by atoms with Crippen LogP contribution in [0.25, 0.3) is 6.08 Å². The van der Waals surface area contributed by atoms with Gasteiger partial charge in [-0.05, 0) is 24.6 Å². The number of carbonyl (C=O) groups is 1. The minimum Gasteiger partial charge on any atom is -0.428 e. The van der Waals surface area contributed by atoms with Crippen molar-refractivity contribution in [2.45, 2.75) is 25.2 Å². The molecule has 1 unspecified atom stereocenters. The van der Waals surface area contributed by atoms with Crippen molar-refractivity contribution in [3.63, 3.8) is 0 Å². The van der Waals surface area contributed by atoms with Crippen LogP contribution in [0.1, 0.15) is 30.0 Å². The predicted octanol–water partition coefficient (Wildman–Crippen LogP) is 4.98. The van der Waals surface area contributed by atoms with Gasteiger partial charge in [-0.25, -0.2) is 9.79 Å². The third-order valence-corrected chi connectivity index (χ3v) is 4.07. The minimum atomic E-state index is -4.36. The van der Waals surface area contributed by atoms with Gasteiger partial charge in [0.25, 0.3) is 0 Å². The topological polar surface area (TPSA) is 38.7 Å². The monoisotopic (exact) mass is 359 g/mol. The quantitative estimate of drug-likeness (QED) is 0.722. The lowest BCUT2D eigenvalue weighted by atomic mass is 9.99. The van der Waals surface area contributed by atoms with E-state index in [9.17, 15) is 18.0 Å². The molecule has 2 aromatic rings. The Bertz CT molecular complexity index is 855. The molecular formula is C20H16F3NO2. The Morgan fingerprint density at radius 2 is 1.73 bits per heavy atom. The van der Waals surface area contributed by atoms with E-state index in [1.165, 1.54) is 12.1 Å². The molecule has 3 rings (SSSR count). The number of esters is 1. The van der Waals surface area contributed by atoms with Gasteiger partial charge in [-0.15, -0.1) is 0 Å². The smallest absolute Gasteiger partial charge is 0.416 e. The Balaban J connectivity index is 1.81. The number of carbonyl (C=O) groups excluding carboxylic acids is 1. The number of nitrogens with zero attached hydrogens (tertiary/aromatic N) is 1. The largest absolute Gasteiger partial charge is 0.428 e. The van der Waals surface area contributed by atoms with Crippen molar-refractivity contribution < 1.29 is 22.7 Å². The molecule has 3 nitrogen and oxygen atoms in total. The fourth-order valence-corrected chi connectivity index (χ4v) is 2.73. The third kappa shape index (κ3) is 3.69. The Kier molecular flexibility index (Phi) is 4.68. The average Bonchev–Trinajstić information content (AvgIpc) is 2.91. The van der Waals surface area contributed by atoms with Crippen LogP contribution in [0.2, 0.25) is 0 Å². The number of rotatable bonds is 4. The van der Waals surface area contributed by atoms with E-state index in [1.54, 1.807) is 19.1 Å². The van der Waals surface area contributed by atoms with E-state index >= 15 is 0 Å². The molecule has 0 amide bonds. The van der Waals surface area contributed by atoms with Gasteiger partial charge in [0.1, 0.15) is 5.71 Å². The van der Waals surface area contributed by atoms with E-state index in [1.807, 2.05) is 30.3 Å². The van der Waals surface area contributed by atoms with Gasteiger partial charge < -0.3 is 4.74 Å². The van der Waals surface area contributed by atoms with E-state index < -0.39 is 23.4 Å². The highest BCUT2D eigenvalue weighted by molar-refractivity contribution is 6.36. The maximum atomic E-state index is 12.6. The van der Waals surface area contributed by atoms with E-state index in [2.05, 4.69) is 4.99 Å². The van der Waals surface area contributed by atoms with Crippen molar-refractivity contribution in [2.75, 3.05) is 0 Å². The average molecular weight is 359 g/mol. The summed E-state index contributed by atoms with van der Waals surface area (Å²) in [6.45, 7) is 1.59. The van der Waals surface area contributed by atoms with Crippen molar-refractivity contribution in [3.8, 4) is 0 Å². The van der Waals surface area contributed by atoms with Crippen LogP contribution in [0, 0.1) is 0 Å². The molecule has 6 heteroatoms. The number of benzene rings is 2. The number of ether oxygens (including phenoxy) is 1. The number of hydrogen-bond acceptors (Lipinski definition) is 3. The first-order valence-corrected chi connectivity index (χ1v) is 7.99. The van der Waals surface area contributed by atoms with Gasteiger partial charge in [0.2, 0.25) is 5.72 Å². The Hall–Kier alpha value is -2.89. The Morgan fingerprint density at radius 1 is 1.08 bits per heavy atom. The van der Waals surface area contributed by atoms with E-state index in [4.69, 9.17) is 4.74 Å². The highest BCUT2D eigenvalue weighted by Gasteiger charge is 2.41. The maximum Gasteiger partial charge on any atom is 0.416 e. The summed E-state index contributed by atoms with van der Waals surface area (Å²) in [5, 5.41) is 0. The summed E-state index contributed by atoms with van der Waals surface area (Å²) in [6, 6.07) is 14.0. The molecule has 0 bridgehead atoms. The number of cyclic esters (lactones) is 1. The standard InChI is InChI=1S/C20H16F3NO2/c1-14-18(25)26-19(24-14,16-7-3-2-4-8-16)13-5-6-15-9-11-17(12-10-15)20(21,22)23/h2-12H,13H2,1H3/b6-5+. The molecule has 0 saturated heterocycles. The predicted molar refractivity (Wildman–Crippen MR) is 92.4 cm³/mol. The van der Waals surface area contributed by atoms with E-state index in [0.717, 1.165) is 17.7 Å². The summed E-state index contributed by atoms with van der Waals surface area (Å²) in [5.41, 5.74) is -0.184. The van der Waals surface area contributed by atoms with Crippen LogP contribution in [0.15, 0.2) is 65.7 Å². The third-order valence-electron chi connectivity index (χ3n) is 4.07. The highest BCUT2D eigenvalue weighted by atomic mass is 19.4. The van der Waals surface area contributed by atoms with E-state index in [0.29, 0.717) is 5.56 Å². The van der Waals surface area contributed by atoms with Crippen LogP contribution in [-0.4, -0.2) is 11.7 Å². The molecule has 1 aliphatic heterocycles. The maximum absolute atomic E-state index is 12.6. The van der Waals surface area contributed by atoms with Crippen molar-refractivity contribution in [3.05, 3.63) is 77.4 Å². The summed E-state index contributed by atoms with van der Waals surface area (Å²) >= 11 is 0. The molecule has 0 saturated carbocycles. The molecule has 0 radical (unpaired) electrons. The molecule has 1 atom stereocenters. The summed E-state index contributed by atoms with van der Waals surface area (Å²) in [6.07, 6.45) is -0.655. The lowest BCUT2D eigenvalue weighted by Gasteiger charge is -2.24. The molecule has 2 aromatic carbocycles. The second kappa shape index (κ2) is 6.78. The van der Waals surface area contributed by atoms with Gasteiger partial charge in [-0.1, -0.05) is 54.6 Å². The molecule has 1 aliphatic rings. The molecule has 0 N–H and O–H groups in total. The zero-order valence-corrected chi connectivity index (χ0v) is 14.0. The van der Waals surface area contributed by atoms with Crippen molar-refractivity contribution in [1.29, 1.82) is 0 Å². The first kappa shape index (κ1) is 17.9. The molecule has 0 spiro atoms. The second-order valence-electron chi connectivity index (χ2n) is 5.96. The zero-order chi connectivity index (χ0) is 18.8. The number of aliphatic imine (C=N–C) groups is 1. The SMILES string of the molecule is CC1=NC(C/C=C/c2ccc(C(F)(F)F)cc2)(c2ccccc2)OC1=O. The van der Waals surface area contributed by atoms with Crippen LogP contribution in [0.3, 0.4) is 0 Å². The van der Waals surface area contributed by atoms with Crippen LogP contribution in [0.4, 0.5) is 13.2 Å². The lowest BCUT2D eigenvalue weighted by Crippen LogP contribution is -2.24. The van der Waals surface area contributed by atoms with E-state index in [-0.39, 0.29) is 12.1 Å². The zero-order valence-electron chi connectivity index (χ0n) is 14.0. The molecular weight excluding hydrogens is 343 g/mol. The number of halogens is 3. The normalized spacial score (nSPS) is 20.3. The fourth-order valence-electron chi connectivity index (χ4n) is 2.73. The Morgan fingerprint density at radius 3 is 2.27 bits per heavy atom. The van der Waals surface area contributed by atoms with Crippen LogP contribution < -0.4 is 0 Å². The summed E-state index contributed by atoms with van der Waals surface area (Å²) in [4.78, 5) is 16.2. The molecule has 0 aromatic heterocycles. The van der Waals surface area contributed by atoms with Crippen molar-refractivity contribution in [2.24, 2.45) is 4.99 Å². The van der Waals surface area contributed by atoms with Gasteiger partial charge in [-0.2, -0.15) is 13.2 Å². The van der Waals surface area contributed by atoms with Crippen molar-refractivity contribution in [1.82, 2.24) is 0 Å². The van der Waals surface area contributed by atoms with Crippen molar-refractivity contribution >= 4 is 17.8 Å². The van der Waals surface area contributed by atoms with Gasteiger partial charge in [0.15, 0.2) is 0 Å². The van der Waals surface area contributed by atoms with Crippen LogP contribution in [-0.2, 0) is 21.4 Å². The number of alkyl halides is 3. The first-order valence-electron chi connectivity index (χ1n) is 7.99. The summed E-state index contributed by atoms with van der Waals surface area (Å²) in [7, 11) is 0.